The molecular formula is C21H36N6O3. The predicted molar refractivity (Wildman–Crippen MR) is 114 cm³/mol. The fraction of sp³-hybridized carbons (Fsp3) is 0.762. The maximum atomic E-state index is 12.8. The van der Waals surface area contributed by atoms with Gasteiger partial charge >= 0.3 is 0 Å². The Morgan fingerprint density at radius 2 is 2.13 bits per heavy atom. The van der Waals surface area contributed by atoms with Crippen molar-refractivity contribution >= 4 is 11.7 Å². The molecule has 2 rings (SSSR count). The van der Waals surface area contributed by atoms with E-state index in [-0.39, 0.29) is 30.5 Å². The molecule has 1 fully saturated rings. The fourth-order valence-electron chi connectivity index (χ4n) is 3.75. The molecule has 1 saturated heterocycles. The van der Waals surface area contributed by atoms with Crippen LogP contribution in [0.15, 0.2) is 12.3 Å². The Balaban J connectivity index is 1.94. The fourth-order valence-corrected chi connectivity index (χ4v) is 3.75. The number of anilines is 1. The molecular weight excluding hydrogens is 384 g/mol. The second kappa shape index (κ2) is 9.77. The van der Waals surface area contributed by atoms with Crippen LogP contribution in [0.4, 0.5) is 5.82 Å². The summed E-state index contributed by atoms with van der Waals surface area (Å²) in [4.78, 5) is 14.4. The van der Waals surface area contributed by atoms with Gasteiger partial charge in [0.15, 0.2) is 12.0 Å². The summed E-state index contributed by atoms with van der Waals surface area (Å²) in [7, 11) is 0. The third kappa shape index (κ3) is 6.97. The standard InChI is InChI=1S/C21H36N6O3/c1-20(2,3)10-15-6-7-17(27(15)14-23)19(29)24-18-8-9-26(25-18)13-21(4,5)30-12-16(28)11-22/h8-9,15-17,28H,6-7,10-13,22H2,1-5H3,(H,24,25,29)/t15?,16-,17?/m0/s1. The topological polar surface area (TPSA) is 129 Å². The highest BCUT2D eigenvalue weighted by molar-refractivity contribution is 5.94. The lowest BCUT2D eigenvalue weighted by atomic mass is 9.87. The Bertz CT molecular complexity index is 749. The van der Waals surface area contributed by atoms with Crippen molar-refractivity contribution in [2.24, 2.45) is 11.1 Å². The number of hydrogen-bond donors (Lipinski definition) is 3. The van der Waals surface area contributed by atoms with E-state index in [1.165, 1.54) is 0 Å². The largest absolute Gasteiger partial charge is 0.389 e. The van der Waals surface area contributed by atoms with E-state index in [2.05, 4.69) is 37.4 Å². The zero-order valence-corrected chi connectivity index (χ0v) is 18.8. The number of hydrogen-bond acceptors (Lipinski definition) is 7. The summed E-state index contributed by atoms with van der Waals surface area (Å²) in [6.07, 6.45) is 5.64. The first-order valence-corrected chi connectivity index (χ1v) is 10.5. The van der Waals surface area contributed by atoms with Crippen molar-refractivity contribution in [3.05, 3.63) is 12.3 Å². The normalized spacial score (nSPS) is 20.8. The van der Waals surface area contributed by atoms with E-state index in [1.807, 2.05) is 13.8 Å². The Hall–Kier alpha value is -2.15. The second-order valence-corrected chi connectivity index (χ2v) is 9.87. The smallest absolute Gasteiger partial charge is 0.249 e. The van der Waals surface area contributed by atoms with Gasteiger partial charge in [0.25, 0.3) is 0 Å². The van der Waals surface area contributed by atoms with Crippen molar-refractivity contribution in [3.63, 3.8) is 0 Å². The van der Waals surface area contributed by atoms with Gasteiger partial charge in [-0.25, -0.2) is 0 Å². The molecule has 9 nitrogen and oxygen atoms in total. The lowest BCUT2D eigenvalue weighted by Gasteiger charge is -2.29. The summed E-state index contributed by atoms with van der Waals surface area (Å²) in [5, 5.41) is 26.4. The van der Waals surface area contributed by atoms with Crippen LogP contribution in [0, 0.1) is 16.9 Å². The highest BCUT2D eigenvalue weighted by Gasteiger charge is 2.39. The first kappa shape index (κ1) is 24.1. The summed E-state index contributed by atoms with van der Waals surface area (Å²) in [5.41, 5.74) is 4.94. The number of carbonyl (C=O) groups is 1. The van der Waals surface area contributed by atoms with Gasteiger partial charge in [0.2, 0.25) is 5.91 Å². The molecule has 9 heteroatoms. The molecule has 0 aliphatic carbocycles. The Morgan fingerprint density at radius 3 is 2.73 bits per heavy atom. The number of amides is 1. The SMILES string of the molecule is CC(C)(C)CC1CCC(C(=O)Nc2ccn(CC(C)(C)OC[C@@H](O)CN)n2)N1C#N. The maximum absolute atomic E-state index is 12.8. The van der Waals surface area contributed by atoms with Crippen LogP contribution in [0.3, 0.4) is 0 Å². The number of nitrogens with one attached hydrogen (secondary N) is 1. The molecule has 0 saturated carbocycles. The monoisotopic (exact) mass is 420 g/mol. The van der Waals surface area contributed by atoms with Crippen LogP contribution < -0.4 is 11.1 Å². The summed E-state index contributed by atoms with van der Waals surface area (Å²) in [5.74, 6) is 0.231. The third-order valence-corrected chi connectivity index (χ3v) is 5.14. The van der Waals surface area contributed by atoms with Crippen LogP contribution in [-0.2, 0) is 16.1 Å². The average Bonchev–Trinajstić information content (AvgIpc) is 3.24. The molecule has 168 valence electrons. The van der Waals surface area contributed by atoms with Crippen molar-refractivity contribution in [3.8, 4) is 6.19 Å². The molecule has 3 atom stereocenters. The van der Waals surface area contributed by atoms with Gasteiger partial charge < -0.3 is 20.9 Å². The van der Waals surface area contributed by atoms with Crippen molar-refractivity contribution in [1.29, 1.82) is 5.26 Å². The number of likely N-dealkylation sites (tertiary alicyclic amines) is 1. The van der Waals surface area contributed by atoms with Crippen LogP contribution in [0.5, 0.6) is 0 Å². The van der Waals surface area contributed by atoms with Gasteiger partial charge in [0.1, 0.15) is 6.04 Å². The number of ether oxygens (including phenoxy) is 1. The van der Waals surface area contributed by atoms with Crippen LogP contribution in [0.1, 0.15) is 53.9 Å². The third-order valence-electron chi connectivity index (χ3n) is 5.14. The molecule has 30 heavy (non-hydrogen) atoms. The number of nitriles is 1. The molecule has 1 aliphatic rings. The van der Waals surface area contributed by atoms with E-state index in [4.69, 9.17) is 10.5 Å². The Kier molecular flexibility index (Phi) is 7.86. The predicted octanol–water partition coefficient (Wildman–Crippen LogP) is 1.69. The minimum absolute atomic E-state index is 0.0881. The zero-order valence-electron chi connectivity index (χ0n) is 18.8. The molecule has 2 heterocycles. The van der Waals surface area contributed by atoms with Gasteiger partial charge in [0.05, 0.1) is 24.9 Å². The van der Waals surface area contributed by atoms with Crippen LogP contribution in [0.2, 0.25) is 0 Å². The van der Waals surface area contributed by atoms with E-state index in [0.29, 0.717) is 18.8 Å². The number of rotatable bonds is 9. The minimum Gasteiger partial charge on any atom is -0.389 e. The first-order valence-electron chi connectivity index (χ1n) is 10.5. The van der Waals surface area contributed by atoms with E-state index >= 15 is 0 Å². The number of aromatic nitrogens is 2. The van der Waals surface area contributed by atoms with Crippen molar-refractivity contribution < 1.29 is 14.6 Å². The van der Waals surface area contributed by atoms with Gasteiger partial charge in [0, 0.05) is 24.8 Å². The number of nitrogens with zero attached hydrogens (tertiary/aromatic N) is 4. The summed E-state index contributed by atoms with van der Waals surface area (Å²) >= 11 is 0. The Labute approximate surface area is 179 Å². The lowest BCUT2D eigenvalue weighted by molar-refractivity contribution is -0.119. The van der Waals surface area contributed by atoms with Gasteiger partial charge in [-0.3, -0.25) is 14.4 Å². The first-order chi connectivity index (χ1) is 13.9. The summed E-state index contributed by atoms with van der Waals surface area (Å²) in [6.45, 7) is 11.0. The van der Waals surface area contributed by atoms with Gasteiger partial charge in [-0.1, -0.05) is 20.8 Å². The van der Waals surface area contributed by atoms with Crippen molar-refractivity contribution in [2.75, 3.05) is 18.5 Å². The maximum Gasteiger partial charge on any atom is 0.249 e. The number of nitrogens with two attached hydrogens (primary N) is 1. The molecule has 2 unspecified atom stereocenters. The van der Waals surface area contributed by atoms with Gasteiger partial charge in [-0.2, -0.15) is 10.4 Å². The Morgan fingerprint density at radius 1 is 1.43 bits per heavy atom. The van der Waals surface area contributed by atoms with E-state index in [1.54, 1.807) is 21.8 Å². The quantitative estimate of drug-likeness (QED) is 0.518. The molecule has 0 radical (unpaired) electrons. The summed E-state index contributed by atoms with van der Waals surface area (Å²) < 4.78 is 7.40. The van der Waals surface area contributed by atoms with Gasteiger partial charge in [-0.05, 0) is 38.5 Å². The highest BCUT2D eigenvalue weighted by Crippen LogP contribution is 2.33. The number of aliphatic hydroxyl groups excluding tert-OH is 1. The van der Waals surface area contributed by atoms with Crippen LogP contribution >= 0.6 is 0 Å². The van der Waals surface area contributed by atoms with E-state index in [0.717, 1.165) is 12.8 Å². The molecule has 0 aromatic carbocycles. The lowest BCUT2D eigenvalue weighted by Crippen LogP contribution is -2.41. The minimum atomic E-state index is -0.701. The number of carbonyl (C=O) groups excluding carboxylic acids is 1. The van der Waals surface area contributed by atoms with Crippen LogP contribution in [-0.4, -0.2) is 62.6 Å². The van der Waals surface area contributed by atoms with E-state index in [9.17, 15) is 15.2 Å². The molecule has 0 bridgehead atoms. The molecule has 4 N–H and O–H groups in total. The van der Waals surface area contributed by atoms with E-state index < -0.39 is 17.7 Å². The highest BCUT2D eigenvalue weighted by atomic mass is 16.5. The second-order valence-electron chi connectivity index (χ2n) is 9.87. The molecule has 1 aromatic heterocycles. The molecule has 1 aliphatic heterocycles. The molecule has 1 aromatic rings. The van der Waals surface area contributed by atoms with Crippen molar-refractivity contribution in [2.45, 2.75) is 84.2 Å². The average molecular weight is 421 g/mol. The molecule has 1 amide bonds. The van der Waals surface area contributed by atoms with Gasteiger partial charge in [-0.15, -0.1) is 0 Å². The number of aliphatic hydroxyl groups is 1. The zero-order chi connectivity index (χ0) is 22.5. The van der Waals surface area contributed by atoms with Crippen LogP contribution in [0.25, 0.3) is 0 Å². The summed E-state index contributed by atoms with van der Waals surface area (Å²) in [6, 6.07) is 1.34. The molecule has 0 spiro atoms. The van der Waals surface area contributed by atoms with Crippen molar-refractivity contribution in [1.82, 2.24) is 14.7 Å².